The van der Waals surface area contributed by atoms with Crippen LogP contribution in [-0.2, 0) is 12.8 Å². The van der Waals surface area contributed by atoms with Gasteiger partial charge in [-0.1, -0.05) is 13.8 Å². The van der Waals surface area contributed by atoms with Crippen molar-refractivity contribution in [3.05, 3.63) is 57.9 Å². The lowest BCUT2D eigenvalue weighted by Gasteiger charge is -2.07. The molecule has 19 heavy (non-hydrogen) atoms. The highest BCUT2D eigenvalue weighted by Crippen LogP contribution is 2.24. The molecule has 0 aliphatic carbocycles. The number of non-ortho nitro benzene ring substituents is 1. The second-order valence-electron chi connectivity index (χ2n) is 4.35. The molecule has 1 heterocycles. The summed E-state index contributed by atoms with van der Waals surface area (Å²) in [5.41, 5.74) is 4.26. The van der Waals surface area contributed by atoms with Gasteiger partial charge in [0.2, 0.25) is 0 Å². The minimum atomic E-state index is -0.384. The molecule has 98 valence electrons. The van der Waals surface area contributed by atoms with Crippen LogP contribution in [0.4, 0.5) is 5.69 Å². The van der Waals surface area contributed by atoms with Crippen LogP contribution in [0.1, 0.15) is 25.2 Å². The molecule has 0 saturated carbocycles. The van der Waals surface area contributed by atoms with Crippen LogP contribution < -0.4 is 0 Å². The maximum atomic E-state index is 10.6. The number of hydrogen-bond donors (Lipinski definition) is 0. The average molecular weight is 256 g/mol. The summed E-state index contributed by atoms with van der Waals surface area (Å²) in [6.07, 6.45) is 1.77. The molecule has 0 atom stereocenters. The standard InChI is InChI=1S/C15H16N2O2/c1-3-13-9-12(10-14(4-2)16-13)11-5-7-15(8-6-11)17(18)19/h5-10H,3-4H2,1-2H3. The first-order valence-corrected chi connectivity index (χ1v) is 6.38. The van der Waals surface area contributed by atoms with Gasteiger partial charge in [0.05, 0.1) is 4.92 Å². The summed E-state index contributed by atoms with van der Waals surface area (Å²) in [5.74, 6) is 0. The highest BCUT2D eigenvalue weighted by molar-refractivity contribution is 5.65. The molecule has 2 rings (SSSR count). The second kappa shape index (κ2) is 5.61. The minimum Gasteiger partial charge on any atom is -0.258 e. The van der Waals surface area contributed by atoms with Crippen molar-refractivity contribution in [1.82, 2.24) is 4.98 Å². The third-order valence-electron chi connectivity index (χ3n) is 3.07. The molecule has 4 heteroatoms. The normalized spacial score (nSPS) is 10.4. The number of pyridine rings is 1. The van der Waals surface area contributed by atoms with Crippen LogP contribution in [0, 0.1) is 10.1 Å². The first-order chi connectivity index (χ1) is 9.13. The van der Waals surface area contributed by atoms with E-state index in [1.54, 1.807) is 12.1 Å². The predicted molar refractivity (Wildman–Crippen MR) is 75.1 cm³/mol. The fourth-order valence-electron chi connectivity index (χ4n) is 1.95. The fourth-order valence-corrected chi connectivity index (χ4v) is 1.95. The lowest BCUT2D eigenvalue weighted by atomic mass is 10.0. The third-order valence-corrected chi connectivity index (χ3v) is 3.07. The van der Waals surface area contributed by atoms with E-state index in [1.165, 1.54) is 12.1 Å². The van der Waals surface area contributed by atoms with Crippen LogP contribution in [0.15, 0.2) is 36.4 Å². The number of nitro benzene ring substituents is 1. The summed E-state index contributed by atoms with van der Waals surface area (Å²) in [4.78, 5) is 14.8. The molecular formula is C15H16N2O2. The molecule has 0 fully saturated rings. The van der Waals surface area contributed by atoms with E-state index in [4.69, 9.17) is 0 Å². The number of nitrogens with zero attached hydrogens (tertiary/aromatic N) is 2. The Morgan fingerprint density at radius 1 is 1.00 bits per heavy atom. The molecule has 0 bridgehead atoms. The summed E-state index contributed by atoms with van der Waals surface area (Å²) >= 11 is 0. The van der Waals surface area contributed by atoms with Gasteiger partial charge in [0, 0.05) is 23.5 Å². The van der Waals surface area contributed by atoms with Gasteiger partial charge in [-0.05, 0) is 48.2 Å². The number of benzene rings is 1. The zero-order valence-electron chi connectivity index (χ0n) is 11.1. The van der Waals surface area contributed by atoms with E-state index in [0.29, 0.717) is 0 Å². The van der Waals surface area contributed by atoms with Crippen LogP contribution in [-0.4, -0.2) is 9.91 Å². The zero-order chi connectivity index (χ0) is 13.8. The number of aryl methyl sites for hydroxylation is 2. The van der Waals surface area contributed by atoms with Gasteiger partial charge >= 0.3 is 0 Å². The van der Waals surface area contributed by atoms with Gasteiger partial charge in [-0.15, -0.1) is 0 Å². The van der Waals surface area contributed by atoms with Gasteiger partial charge in [0.15, 0.2) is 0 Å². The molecule has 0 saturated heterocycles. The van der Waals surface area contributed by atoms with E-state index in [1.807, 2.05) is 12.1 Å². The van der Waals surface area contributed by atoms with E-state index in [0.717, 1.165) is 35.4 Å². The Morgan fingerprint density at radius 3 is 1.95 bits per heavy atom. The predicted octanol–water partition coefficient (Wildman–Crippen LogP) is 3.78. The van der Waals surface area contributed by atoms with Gasteiger partial charge in [0.1, 0.15) is 0 Å². The van der Waals surface area contributed by atoms with Crippen LogP contribution in [0.5, 0.6) is 0 Å². The molecule has 1 aromatic carbocycles. The van der Waals surface area contributed by atoms with Crippen molar-refractivity contribution >= 4 is 5.69 Å². The SMILES string of the molecule is CCc1cc(-c2ccc([N+](=O)[O-])cc2)cc(CC)n1. The Bertz CT molecular complexity index is 569. The van der Waals surface area contributed by atoms with Gasteiger partial charge in [-0.25, -0.2) is 0 Å². The van der Waals surface area contributed by atoms with Gasteiger partial charge in [0.25, 0.3) is 5.69 Å². The van der Waals surface area contributed by atoms with E-state index in [2.05, 4.69) is 18.8 Å². The monoisotopic (exact) mass is 256 g/mol. The van der Waals surface area contributed by atoms with Crippen molar-refractivity contribution < 1.29 is 4.92 Å². The molecule has 0 amide bonds. The molecule has 0 aliphatic rings. The van der Waals surface area contributed by atoms with Crippen molar-refractivity contribution in [2.24, 2.45) is 0 Å². The van der Waals surface area contributed by atoms with Crippen LogP contribution in [0.3, 0.4) is 0 Å². The highest BCUT2D eigenvalue weighted by atomic mass is 16.6. The topological polar surface area (TPSA) is 56.0 Å². The minimum absolute atomic E-state index is 0.115. The molecule has 0 radical (unpaired) electrons. The summed E-state index contributed by atoms with van der Waals surface area (Å²) in [7, 11) is 0. The van der Waals surface area contributed by atoms with Crippen LogP contribution >= 0.6 is 0 Å². The first kappa shape index (κ1) is 13.2. The van der Waals surface area contributed by atoms with Crippen molar-refractivity contribution in [2.75, 3.05) is 0 Å². The number of aromatic nitrogens is 1. The largest absolute Gasteiger partial charge is 0.269 e. The fraction of sp³-hybridized carbons (Fsp3) is 0.267. The van der Waals surface area contributed by atoms with Crippen molar-refractivity contribution in [2.45, 2.75) is 26.7 Å². The maximum absolute atomic E-state index is 10.6. The molecule has 1 aromatic heterocycles. The summed E-state index contributed by atoms with van der Waals surface area (Å²) in [6, 6.07) is 10.7. The number of rotatable bonds is 4. The van der Waals surface area contributed by atoms with Crippen LogP contribution in [0.25, 0.3) is 11.1 Å². The molecule has 4 nitrogen and oxygen atoms in total. The lowest BCUT2D eigenvalue weighted by molar-refractivity contribution is -0.384. The molecule has 2 aromatic rings. The smallest absolute Gasteiger partial charge is 0.258 e. The van der Waals surface area contributed by atoms with Crippen LogP contribution in [0.2, 0.25) is 0 Å². The van der Waals surface area contributed by atoms with E-state index >= 15 is 0 Å². The van der Waals surface area contributed by atoms with Crippen molar-refractivity contribution in [1.29, 1.82) is 0 Å². The summed E-state index contributed by atoms with van der Waals surface area (Å²) in [6.45, 7) is 4.14. The third kappa shape index (κ3) is 2.96. The zero-order valence-corrected chi connectivity index (χ0v) is 11.1. The number of nitro groups is 1. The number of hydrogen-bond acceptors (Lipinski definition) is 3. The molecule has 0 spiro atoms. The second-order valence-corrected chi connectivity index (χ2v) is 4.35. The maximum Gasteiger partial charge on any atom is 0.269 e. The van der Waals surface area contributed by atoms with Crippen molar-refractivity contribution in [3.63, 3.8) is 0 Å². The Morgan fingerprint density at radius 2 is 1.53 bits per heavy atom. The Hall–Kier alpha value is -2.23. The Balaban J connectivity index is 2.42. The molecular weight excluding hydrogens is 240 g/mol. The van der Waals surface area contributed by atoms with Gasteiger partial charge in [-0.2, -0.15) is 0 Å². The molecule has 0 N–H and O–H groups in total. The lowest BCUT2D eigenvalue weighted by Crippen LogP contribution is -1.95. The average Bonchev–Trinajstić information content (AvgIpc) is 2.46. The van der Waals surface area contributed by atoms with E-state index < -0.39 is 0 Å². The Kier molecular flexibility index (Phi) is 3.90. The first-order valence-electron chi connectivity index (χ1n) is 6.38. The van der Waals surface area contributed by atoms with E-state index in [9.17, 15) is 10.1 Å². The molecule has 0 unspecified atom stereocenters. The van der Waals surface area contributed by atoms with E-state index in [-0.39, 0.29) is 10.6 Å². The summed E-state index contributed by atoms with van der Waals surface area (Å²) < 4.78 is 0. The highest BCUT2D eigenvalue weighted by Gasteiger charge is 2.07. The van der Waals surface area contributed by atoms with Crippen molar-refractivity contribution in [3.8, 4) is 11.1 Å². The summed E-state index contributed by atoms with van der Waals surface area (Å²) in [5, 5.41) is 10.6. The van der Waals surface area contributed by atoms with Gasteiger partial charge in [-0.3, -0.25) is 15.1 Å². The quantitative estimate of drug-likeness (QED) is 0.617. The molecule has 0 aliphatic heterocycles. The Labute approximate surface area is 112 Å². The van der Waals surface area contributed by atoms with Gasteiger partial charge < -0.3 is 0 Å².